The molecule has 4 saturated carbocycles. The summed E-state index contributed by atoms with van der Waals surface area (Å²) in [6.45, 7) is 0. The molecule has 4 aliphatic rings. The second-order valence-electron chi connectivity index (χ2n) is 6.93. The van der Waals surface area contributed by atoms with Crippen molar-refractivity contribution >= 4 is 11.9 Å². The maximum Gasteiger partial charge on any atom is 0.410 e. The quantitative estimate of drug-likeness (QED) is 0.581. The summed E-state index contributed by atoms with van der Waals surface area (Å²) in [7, 11) is 0. The van der Waals surface area contributed by atoms with Gasteiger partial charge in [-0.1, -0.05) is 0 Å². The van der Waals surface area contributed by atoms with Gasteiger partial charge >= 0.3 is 17.8 Å². The zero-order valence-corrected chi connectivity index (χ0v) is 11.6. The minimum Gasteiger partial charge on any atom is -0.544 e. The van der Waals surface area contributed by atoms with Gasteiger partial charge in [-0.2, -0.15) is 17.6 Å². The lowest BCUT2D eigenvalue weighted by atomic mass is 9.54. The number of esters is 1. The lowest BCUT2D eigenvalue weighted by Crippen LogP contribution is -2.61. The number of carboxylic acids is 1. The highest BCUT2D eigenvalue weighted by Gasteiger charge is 2.66. The van der Waals surface area contributed by atoms with E-state index in [1.54, 1.807) is 0 Å². The van der Waals surface area contributed by atoms with Gasteiger partial charge in [0.15, 0.2) is 0 Å². The first-order valence-electron chi connectivity index (χ1n) is 7.26. The van der Waals surface area contributed by atoms with Crippen molar-refractivity contribution in [1.82, 2.24) is 0 Å². The van der Waals surface area contributed by atoms with Crippen molar-refractivity contribution in [2.75, 3.05) is 0 Å². The molecule has 0 unspecified atom stereocenters. The lowest BCUT2D eigenvalue weighted by Gasteiger charge is -2.55. The monoisotopic (exact) mass is 323 g/mol. The fraction of sp³-hybridized carbons (Fsp3) is 0.857. The second kappa shape index (κ2) is 4.58. The van der Waals surface area contributed by atoms with E-state index in [4.69, 9.17) is 4.74 Å². The summed E-state index contributed by atoms with van der Waals surface area (Å²) in [5, 5.41) is 10.2. The number of rotatable bonds is 4. The van der Waals surface area contributed by atoms with Crippen molar-refractivity contribution in [3.63, 3.8) is 0 Å². The van der Waals surface area contributed by atoms with Crippen LogP contribution in [0.2, 0.25) is 0 Å². The largest absolute Gasteiger partial charge is 0.544 e. The molecule has 0 spiro atoms. The van der Waals surface area contributed by atoms with E-state index in [0.717, 1.165) is 19.3 Å². The topological polar surface area (TPSA) is 66.4 Å². The molecule has 0 saturated heterocycles. The van der Waals surface area contributed by atoms with Gasteiger partial charge in [0.2, 0.25) is 0 Å². The van der Waals surface area contributed by atoms with Crippen LogP contribution >= 0.6 is 0 Å². The average Bonchev–Trinajstić information content (AvgIpc) is 2.35. The summed E-state index contributed by atoms with van der Waals surface area (Å²) < 4.78 is 57.8. The maximum atomic E-state index is 13.5. The molecule has 8 heteroatoms. The molecule has 0 aliphatic heterocycles. The zero-order chi connectivity index (χ0) is 16.3. The van der Waals surface area contributed by atoms with Crippen LogP contribution in [-0.4, -0.2) is 29.4 Å². The number of carboxylic acid groups (broad SMARTS) is 1. The zero-order valence-electron chi connectivity index (χ0n) is 11.6. The molecule has 0 N–H and O–H groups in total. The van der Waals surface area contributed by atoms with E-state index in [0.29, 0.717) is 19.3 Å². The summed E-state index contributed by atoms with van der Waals surface area (Å²) in [5.41, 5.74) is -1.14. The Morgan fingerprint density at radius 2 is 1.32 bits per heavy atom. The standard InChI is InChI=1S/C14H16F4O4/c15-13(16,10(19)20)14(17,18)11(21)22-12-4-7-1-8(5-12)3-9(2-7)6-12/h7-9H,1-6H2,(H,19,20)/p-1. The van der Waals surface area contributed by atoms with Crippen molar-refractivity contribution < 1.29 is 37.0 Å². The minimum atomic E-state index is -5.59. The Hall–Kier alpha value is -1.34. The van der Waals surface area contributed by atoms with Crippen molar-refractivity contribution in [3.8, 4) is 0 Å². The molecular weight excluding hydrogens is 308 g/mol. The van der Waals surface area contributed by atoms with Gasteiger partial charge in [0.1, 0.15) is 11.6 Å². The van der Waals surface area contributed by atoms with Crippen LogP contribution in [0.25, 0.3) is 0 Å². The number of aliphatic carboxylic acids is 1. The molecule has 4 rings (SSSR count). The highest BCUT2D eigenvalue weighted by molar-refractivity contribution is 5.88. The first kappa shape index (κ1) is 15.6. The molecule has 4 bridgehead atoms. The van der Waals surface area contributed by atoms with E-state index in [-0.39, 0.29) is 17.8 Å². The number of alkyl halides is 4. The highest BCUT2D eigenvalue weighted by Crippen LogP contribution is 2.57. The maximum absolute atomic E-state index is 13.5. The fourth-order valence-electron chi connectivity index (χ4n) is 4.67. The molecule has 4 fully saturated rings. The summed E-state index contributed by atoms with van der Waals surface area (Å²) in [5.74, 6) is -16.0. The van der Waals surface area contributed by atoms with E-state index >= 15 is 0 Å². The van der Waals surface area contributed by atoms with E-state index in [2.05, 4.69) is 0 Å². The predicted octanol–water partition coefficient (Wildman–Crippen LogP) is 1.52. The number of hydrogen-bond acceptors (Lipinski definition) is 4. The predicted molar refractivity (Wildman–Crippen MR) is 61.9 cm³/mol. The Morgan fingerprint density at radius 1 is 0.909 bits per heavy atom. The van der Waals surface area contributed by atoms with Gasteiger partial charge in [-0.25, -0.2) is 4.79 Å². The number of hydrogen-bond donors (Lipinski definition) is 0. The van der Waals surface area contributed by atoms with E-state index in [9.17, 15) is 32.3 Å². The lowest BCUT2D eigenvalue weighted by molar-refractivity contribution is -0.347. The molecule has 0 aromatic carbocycles. The smallest absolute Gasteiger partial charge is 0.410 e. The van der Waals surface area contributed by atoms with Gasteiger partial charge in [0, 0.05) is 0 Å². The molecule has 22 heavy (non-hydrogen) atoms. The fourth-order valence-corrected chi connectivity index (χ4v) is 4.67. The van der Waals surface area contributed by atoms with Gasteiger partial charge in [-0.3, -0.25) is 0 Å². The van der Waals surface area contributed by atoms with Crippen LogP contribution in [0.15, 0.2) is 0 Å². The van der Waals surface area contributed by atoms with Gasteiger partial charge in [-0.05, 0) is 56.3 Å². The summed E-state index contributed by atoms with van der Waals surface area (Å²) in [6, 6.07) is 0. The number of halogens is 4. The molecule has 0 heterocycles. The third-order valence-corrected chi connectivity index (χ3v) is 5.20. The van der Waals surface area contributed by atoms with Crippen molar-refractivity contribution in [1.29, 1.82) is 0 Å². The van der Waals surface area contributed by atoms with Crippen LogP contribution < -0.4 is 5.11 Å². The van der Waals surface area contributed by atoms with Crippen LogP contribution in [0.3, 0.4) is 0 Å². The average molecular weight is 323 g/mol. The van der Waals surface area contributed by atoms with Crippen molar-refractivity contribution in [3.05, 3.63) is 0 Å². The van der Waals surface area contributed by atoms with E-state index < -0.39 is 29.4 Å². The molecule has 0 aromatic heterocycles. The van der Waals surface area contributed by atoms with Crippen molar-refractivity contribution in [2.24, 2.45) is 17.8 Å². The Kier molecular flexibility index (Phi) is 3.24. The summed E-state index contributed by atoms with van der Waals surface area (Å²) >= 11 is 0. The van der Waals surface area contributed by atoms with Crippen molar-refractivity contribution in [2.45, 2.75) is 56.0 Å². The highest BCUT2D eigenvalue weighted by atomic mass is 19.3. The molecular formula is C14H15F4O4-. The molecule has 124 valence electrons. The van der Waals surface area contributed by atoms with Gasteiger partial charge in [-0.15, -0.1) is 0 Å². The Labute approximate surface area is 123 Å². The molecule has 4 aliphatic carbocycles. The van der Waals surface area contributed by atoms with Gasteiger partial charge in [0.05, 0.1) is 0 Å². The minimum absolute atomic E-state index is 0.259. The molecule has 0 aromatic rings. The normalized spacial score (nSPS) is 37.2. The summed E-state index contributed by atoms with van der Waals surface area (Å²) in [6.07, 6.45) is 4.00. The molecule has 0 amide bonds. The number of ether oxygens (including phenoxy) is 1. The second-order valence-corrected chi connectivity index (χ2v) is 6.93. The third-order valence-electron chi connectivity index (χ3n) is 5.20. The number of carbonyl (C=O) groups is 2. The Bertz CT molecular complexity index is 482. The van der Waals surface area contributed by atoms with E-state index in [1.807, 2.05) is 0 Å². The SMILES string of the molecule is O=C([O-])C(F)(F)C(F)(F)C(=O)OC12CC3CC(CC(C3)C1)C2. The Morgan fingerprint density at radius 3 is 1.68 bits per heavy atom. The molecule has 4 nitrogen and oxygen atoms in total. The third kappa shape index (κ3) is 2.18. The molecule has 0 atom stereocenters. The molecule has 0 radical (unpaired) electrons. The first-order chi connectivity index (χ1) is 10.1. The van der Waals surface area contributed by atoms with Gasteiger partial charge in [0.25, 0.3) is 0 Å². The van der Waals surface area contributed by atoms with Gasteiger partial charge < -0.3 is 14.6 Å². The number of carbonyl (C=O) groups excluding carboxylic acids is 2. The summed E-state index contributed by atoms with van der Waals surface area (Å²) in [4.78, 5) is 21.7. The first-order valence-corrected chi connectivity index (χ1v) is 7.26. The van der Waals surface area contributed by atoms with Crippen LogP contribution in [0.4, 0.5) is 17.6 Å². The van der Waals surface area contributed by atoms with Crippen LogP contribution in [0.1, 0.15) is 38.5 Å². The van der Waals surface area contributed by atoms with Crippen LogP contribution in [0.5, 0.6) is 0 Å². The van der Waals surface area contributed by atoms with Crippen LogP contribution in [0, 0.1) is 17.8 Å². The Balaban J connectivity index is 1.78. The van der Waals surface area contributed by atoms with E-state index in [1.165, 1.54) is 0 Å². The van der Waals surface area contributed by atoms with Crippen LogP contribution in [-0.2, 0) is 14.3 Å².